The molecule has 66 valence electrons. The Morgan fingerprint density at radius 1 is 1.54 bits per heavy atom. The summed E-state index contributed by atoms with van der Waals surface area (Å²) in [5.41, 5.74) is 5.09. The van der Waals surface area contributed by atoms with Crippen molar-refractivity contribution < 1.29 is 9.90 Å². The fourth-order valence-corrected chi connectivity index (χ4v) is 2.17. The molecule has 3 heteroatoms. The first kappa shape index (κ1) is 7.09. The zero-order chi connectivity index (χ0) is 9.00. The van der Waals surface area contributed by atoms with Crippen LogP contribution in [0.4, 0.5) is 0 Å². The molecule has 0 aromatic heterocycles. The highest BCUT2D eigenvalue weighted by Crippen LogP contribution is 2.48. The summed E-state index contributed by atoms with van der Waals surface area (Å²) in [6.07, 6.45) is 1.04. The SMILES string of the molecule is O=C(O)c1c2cc3c(c1-2)CNCC3. The lowest BCUT2D eigenvalue weighted by atomic mass is 10.1. The van der Waals surface area contributed by atoms with E-state index < -0.39 is 5.97 Å². The first-order valence-corrected chi connectivity index (χ1v) is 4.42. The molecule has 1 aliphatic heterocycles. The standard InChI is InChI=1S/C10H9NO2/c12-10(13)9-6-3-5-1-2-11-4-7(5)8(6)9/h3,11H,1-2,4H2,(H,12,13). The minimum atomic E-state index is -0.779. The molecule has 0 bridgehead atoms. The first-order chi connectivity index (χ1) is 6.29. The van der Waals surface area contributed by atoms with E-state index in [9.17, 15) is 4.79 Å². The van der Waals surface area contributed by atoms with Gasteiger partial charge in [0.15, 0.2) is 0 Å². The summed E-state index contributed by atoms with van der Waals surface area (Å²) in [6, 6.07) is 2.04. The lowest BCUT2D eigenvalue weighted by molar-refractivity contribution is 0.0703. The quantitative estimate of drug-likeness (QED) is 0.680. The number of fused-ring (bicyclic) bond motifs is 3. The van der Waals surface area contributed by atoms with Crippen molar-refractivity contribution in [2.75, 3.05) is 6.54 Å². The second-order valence-corrected chi connectivity index (χ2v) is 3.54. The number of hydrogen-bond donors (Lipinski definition) is 2. The Kier molecular flexibility index (Phi) is 1.15. The lowest BCUT2D eigenvalue weighted by Crippen LogP contribution is -2.22. The van der Waals surface area contributed by atoms with Gasteiger partial charge in [0.25, 0.3) is 0 Å². The third-order valence-corrected chi connectivity index (χ3v) is 2.82. The Bertz CT molecular complexity index is 423. The highest BCUT2D eigenvalue weighted by molar-refractivity contribution is 6.15. The predicted octanol–water partition coefficient (Wildman–Crippen LogP) is 1.01. The largest absolute Gasteiger partial charge is 0.478 e. The van der Waals surface area contributed by atoms with Crippen molar-refractivity contribution in [2.24, 2.45) is 0 Å². The number of carboxylic acid groups (broad SMARTS) is 1. The fraction of sp³-hybridized carbons (Fsp3) is 0.300. The molecular formula is C10H9NO2. The predicted molar refractivity (Wildman–Crippen MR) is 47.8 cm³/mol. The Balaban J connectivity index is 2.12. The van der Waals surface area contributed by atoms with Crippen LogP contribution in [0.25, 0.3) is 11.1 Å². The van der Waals surface area contributed by atoms with Crippen LogP contribution in [0, 0.1) is 0 Å². The third-order valence-electron chi connectivity index (χ3n) is 2.82. The third kappa shape index (κ3) is 0.795. The van der Waals surface area contributed by atoms with Crippen LogP contribution in [0.5, 0.6) is 0 Å². The van der Waals surface area contributed by atoms with Crippen LogP contribution < -0.4 is 5.32 Å². The molecule has 0 unspecified atom stereocenters. The van der Waals surface area contributed by atoms with Crippen molar-refractivity contribution in [1.29, 1.82) is 0 Å². The smallest absolute Gasteiger partial charge is 0.336 e. The van der Waals surface area contributed by atoms with Gasteiger partial charge in [0.05, 0.1) is 5.56 Å². The maximum Gasteiger partial charge on any atom is 0.336 e. The molecule has 3 nitrogen and oxygen atoms in total. The molecule has 0 aromatic carbocycles. The summed E-state index contributed by atoms with van der Waals surface area (Å²) >= 11 is 0. The minimum Gasteiger partial charge on any atom is -0.478 e. The van der Waals surface area contributed by atoms with Crippen molar-refractivity contribution in [3.8, 4) is 11.1 Å². The molecule has 0 amide bonds. The molecule has 0 radical (unpaired) electrons. The molecule has 3 aliphatic rings. The van der Waals surface area contributed by atoms with Crippen molar-refractivity contribution in [2.45, 2.75) is 13.0 Å². The van der Waals surface area contributed by atoms with Crippen LogP contribution in [0.2, 0.25) is 0 Å². The second kappa shape index (κ2) is 2.12. The molecule has 2 N–H and O–H groups in total. The van der Waals surface area contributed by atoms with Crippen molar-refractivity contribution >= 4 is 5.97 Å². The second-order valence-electron chi connectivity index (χ2n) is 3.54. The van der Waals surface area contributed by atoms with Gasteiger partial charge in [0.2, 0.25) is 0 Å². The van der Waals surface area contributed by atoms with E-state index in [1.54, 1.807) is 0 Å². The van der Waals surface area contributed by atoms with Gasteiger partial charge in [-0.05, 0) is 35.7 Å². The maximum atomic E-state index is 10.7. The maximum absolute atomic E-state index is 10.7. The van der Waals surface area contributed by atoms with Crippen molar-refractivity contribution in [3.63, 3.8) is 0 Å². The number of hydrogen-bond acceptors (Lipinski definition) is 2. The van der Waals surface area contributed by atoms with Gasteiger partial charge >= 0.3 is 5.97 Å². The van der Waals surface area contributed by atoms with E-state index >= 15 is 0 Å². The zero-order valence-corrected chi connectivity index (χ0v) is 7.05. The summed E-state index contributed by atoms with van der Waals surface area (Å²) in [5.74, 6) is -0.779. The van der Waals surface area contributed by atoms with Gasteiger partial charge in [-0.3, -0.25) is 0 Å². The molecule has 0 saturated heterocycles. The topological polar surface area (TPSA) is 49.3 Å². The number of aromatic carboxylic acids is 1. The number of benzene rings is 1. The normalized spacial score (nSPS) is 16.6. The number of carbonyl (C=O) groups is 1. The van der Waals surface area contributed by atoms with Gasteiger partial charge in [0, 0.05) is 12.1 Å². The van der Waals surface area contributed by atoms with E-state index in [1.807, 2.05) is 6.07 Å². The molecule has 0 fully saturated rings. The molecule has 0 aromatic rings. The lowest BCUT2D eigenvalue weighted by Gasteiger charge is -2.12. The van der Waals surface area contributed by atoms with E-state index in [2.05, 4.69) is 5.32 Å². The fourth-order valence-electron chi connectivity index (χ4n) is 2.17. The van der Waals surface area contributed by atoms with Gasteiger partial charge in [-0.2, -0.15) is 0 Å². The zero-order valence-electron chi connectivity index (χ0n) is 7.05. The monoisotopic (exact) mass is 175 g/mol. The van der Waals surface area contributed by atoms with Crippen LogP contribution in [0.3, 0.4) is 0 Å². The molecule has 0 saturated carbocycles. The van der Waals surface area contributed by atoms with Crippen LogP contribution >= 0.6 is 0 Å². The molecule has 13 heavy (non-hydrogen) atoms. The summed E-state index contributed by atoms with van der Waals surface area (Å²) < 4.78 is 0. The Labute approximate surface area is 75.4 Å². The number of nitrogens with one attached hydrogen (secondary N) is 1. The Hall–Kier alpha value is -1.35. The van der Waals surface area contributed by atoms with Crippen LogP contribution in [0.1, 0.15) is 21.5 Å². The molecule has 0 atom stereocenters. The number of rotatable bonds is 1. The van der Waals surface area contributed by atoms with Gasteiger partial charge in [0.1, 0.15) is 0 Å². The highest BCUT2D eigenvalue weighted by atomic mass is 16.4. The van der Waals surface area contributed by atoms with E-state index in [0.29, 0.717) is 5.56 Å². The summed E-state index contributed by atoms with van der Waals surface area (Å²) in [6.45, 7) is 1.85. The average molecular weight is 175 g/mol. The summed E-state index contributed by atoms with van der Waals surface area (Å²) in [4.78, 5) is 10.7. The first-order valence-electron chi connectivity index (χ1n) is 4.42. The van der Waals surface area contributed by atoms with E-state index in [-0.39, 0.29) is 0 Å². The molecule has 1 heterocycles. The molecule has 0 spiro atoms. The molecule has 2 aliphatic carbocycles. The van der Waals surface area contributed by atoms with Crippen LogP contribution in [-0.4, -0.2) is 17.6 Å². The van der Waals surface area contributed by atoms with Gasteiger partial charge in [-0.1, -0.05) is 0 Å². The van der Waals surface area contributed by atoms with E-state index in [0.717, 1.165) is 30.6 Å². The highest BCUT2D eigenvalue weighted by Gasteiger charge is 2.36. The summed E-state index contributed by atoms with van der Waals surface area (Å²) in [5, 5.41) is 12.1. The summed E-state index contributed by atoms with van der Waals surface area (Å²) in [7, 11) is 0. The van der Waals surface area contributed by atoms with Crippen molar-refractivity contribution in [1.82, 2.24) is 5.32 Å². The van der Waals surface area contributed by atoms with Gasteiger partial charge in [-0.25, -0.2) is 4.79 Å². The Morgan fingerprint density at radius 3 is 3.15 bits per heavy atom. The Morgan fingerprint density at radius 2 is 2.38 bits per heavy atom. The average Bonchev–Trinajstić information content (AvgIpc) is 2.71. The van der Waals surface area contributed by atoms with Crippen molar-refractivity contribution in [3.05, 3.63) is 22.8 Å². The van der Waals surface area contributed by atoms with E-state index in [1.165, 1.54) is 11.1 Å². The molecule has 3 rings (SSSR count). The van der Waals surface area contributed by atoms with Gasteiger partial charge in [-0.15, -0.1) is 0 Å². The minimum absolute atomic E-state index is 0.544. The van der Waals surface area contributed by atoms with Gasteiger partial charge < -0.3 is 10.4 Å². The molecular weight excluding hydrogens is 166 g/mol. The van der Waals surface area contributed by atoms with Crippen LogP contribution in [0.15, 0.2) is 6.07 Å². The number of carboxylic acids is 1. The van der Waals surface area contributed by atoms with E-state index in [4.69, 9.17) is 5.11 Å². The van der Waals surface area contributed by atoms with Crippen LogP contribution in [-0.2, 0) is 13.0 Å².